The summed E-state index contributed by atoms with van der Waals surface area (Å²) in [5.74, 6) is 1.59. The third-order valence-electron chi connectivity index (χ3n) is 2.99. The molecule has 1 nitrogen and oxygen atoms in total. The molecule has 0 aromatic heterocycles. The molecule has 4 atom stereocenters. The zero-order chi connectivity index (χ0) is 8.55. The molecule has 3 heteroatoms. The van der Waals surface area contributed by atoms with E-state index in [0.717, 1.165) is 18.4 Å². The van der Waals surface area contributed by atoms with Crippen LogP contribution in [0.3, 0.4) is 0 Å². The van der Waals surface area contributed by atoms with Crippen molar-refractivity contribution in [2.75, 3.05) is 6.61 Å². The lowest BCUT2D eigenvalue weighted by Gasteiger charge is -2.21. The molecule has 0 N–H and O–H groups in total. The van der Waals surface area contributed by atoms with Gasteiger partial charge in [-0.25, -0.2) is 0 Å². The Morgan fingerprint density at radius 2 is 2.33 bits per heavy atom. The van der Waals surface area contributed by atoms with Gasteiger partial charge in [0.2, 0.25) is 0 Å². The number of allylic oxidation sites excluding steroid dienone is 2. The highest BCUT2D eigenvalue weighted by molar-refractivity contribution is 7.04. The summed E-state index contributed by atoms with van der Waals surface area (Å²) in [5, 5.41) is 0. The maximum absolute atomic E-state index is 6.26. The van der Waals surface area contributed by atoms with Crippen molar-refractivity contribution in [3.05, 3.63) is 12.2 Å². The maximum atomic E-state index is 6.26. The van der Waals surface area contributed by atoms with Crippen LogP contribution >= 0.6 is 11.1 Å². The predicted molar refractivity (Wildman–Crippen MR) is 53.7 cm³/mol. The fourth-order valence-corrected chi connectivity index (χ4v) is 5.46. The quantitative estimate of drug-likeness (QED) is 0.388. The van der Waals surface area contributed by atoms with Gasteiger partial charge in [0.05, 0.1) is 0 Å². The van der Waals surface area contributed by atoms with E-state index >= 15 is 0 Å². The van der Waals surface area contributed by atoms with E-state index in [4.69, 9.17) is 15.5 Å². The molecule has 2 aliphatic carbocycles. The van der Waals surface area contributed by atoms with Crippen molar-refractivity contribution in [1.29, 1.82) is 0 Å². The smallest absolute Gasteiger partial charge is 0.277 e. The fourth-order valence-electron chi connectivity index (χ4n) is 2.41. The van der Waals surface area contributed by atoms with Crippen molar-refractivity contribution in [1.82, 2.24) is 0 Å². The summed E-state index contributed by atoms with van der Waals surface area (Å²) in [6.07, 6.45) is 7.33. The van der Waals surface area contributed by atoms with Crippen LogP contribution in [-0.2, 0) is 4.43 Å². The number of hydrogen-bond acceptors (Lipinski definition) is 1. The summed E-state index contributed by atoms with van der Waals surface area (Å²) in [4.78, 5) is 0. The first-order valence-corrected chi connectivity index (χ1v) is 7.63. The molecule has 2 bridgehead atoms. The van der Waals surface area contributed by atoms with Crippen LogP contribution in [0.5, 0.6) is 0 Å². The molecule has 0 radical (unpaired) electrons. The highest BCUT2D eigenvalue weighted by Crippen LogP contribution is 2.49. The second-order valence-electron chi connectivity index (χ2n) is 3.75. The normalized spacial score (nSPS) is 40.7. The molecule has 1 saturated carbocycles. The first-order valence-electron chi connectivity index (χ1n) is 4.75. The first kappa shape index (κ1) is 8.79. The fraction of sp³-hybridized carbons (Fsp3) is 0.778. The van der Waals surface area contributed by atoms with Gasteiger partial charge < -0.3 is 4.43 Å². The van der Waals surface area contributed by atoms with E-state index in [9.17, 15) is 0 Å². The minimum Gasteiger partial charge on any atom is -0.405 e. The standard InChI is InChI=1S/C9H15ClOSi/c1-2-11-12(10)9-6-7-3-4-8(9)5-7/h3-4,7-9,12H,2,5-6H2,1H3. The lowest BCUT2D eigenvalue weighted by Crippen LogP contribution is -2.21. The Morgan fingerprint density at radius 3 is 2.83 bits per heavy atom. The molecule has 68 valence electrons. The van der Waals surface area contributed by atoms with Crippen molar-refractivity contribution < 1.29 is 4.43 Å². The largest absolute Gasteiger partial charge is 0.405 e. The van der Waals surface area contributed by atoms with E-state index < -0.39 is 8.35 Å². The van der Waals surface area contributed by atoms with Crippen LogP contribution in [-0.4, -0.2) is 15.0 Å². The number of fused-ring (bicyclic) bond motifs is 2. The van der Waals surface area contributed by atoms with Gasteiger partial charge in [-0.05, 0) is 37.1 Å². The van der Waals surface area contributed by atoms with E-state index in [1.807, 2.05) is 6.92 Å². The van der Waals surface area contributed by atoms with Gasteiger partial charge in [-0.1, -0.05) is 12.2 Å². The van der Waals surface area contributed by atoms with E-state index in [1.54, 1.807) is 0 Å². The maximum Gasteiger partial charge on any atom is 0.277 e. The molecule has 2 aliphatic rings. The van der Waals surface area contributed by atoms with Gasteiger partial charge in [0.15, 0.2) is 0 Å². The van der Waals surface area contributed by atoms with E-state index in [-0.39, 0.29) is 0 Å². The van der Waals surface area contributed by atoms with Gasteiger partial charge in [-0.3, -0.25) is 0 Å². The van der Waals surface area contributed by atoms with Crippen LogP contribution in [0, 0.1) is 11.8 Å². The van der Waals surface area contributed by atoms with Gasteiger partial charge in [0, 0.05) is 6.61 Å². The summed E-state index contributed by atoms with van der Waals surface area (Å²) in [6, 6.07) is 0. The molecule has 2 rings (SSSR count). The van der Waals surface area contributed by atoms with E-state index in [1.165, 1.54) is 12.8 Å². The lowest BCUT2D eigenvalue weighted by atomic mass is 10.1. The zero-order valence-electron chi connectivity index (χ0n) is 7.37. The van der Waals surface area contributed by atoms with Gasteiger partial charge in [-0.2, -0.15) is 0 Å². The molecule has 12 heavy (non-hydrogen) atoms. The zero-order valence-corrected chi connectivity index (χ0v) is 9.28. The molecule has 0 aliphatic heterocycles. The van der Waals surface area contributed by atoms with Crippen molar-refractivity contribution in [3.63, 3.8) is 0 Å². The Morgan fingerprint density at radius 1 is 1.50 bits per heavy atom. The predicted octanol–water partition coefficient (Wildman–Crippen LogP) is 2.45. The Kier molecular flexibility index (Phi) is 2.58. The molecular weight excluding hydrogens is 188 g/mol. The third-order valence-corrected chi connectivity index (χ3v) is 6.43. The molecule has 0 heterocycles. The molecule has 0 spiro atoms. The monoisotopic (exact) mass is 202 g/mol. The molecular formula is C9H15ClOSi. The molecule has 0 aromatic carbocycles. The van der Waals surface area contributed by atoms with Gasteiger partial charge in [0.25, 0.3) is 8.35 Å². The van der Waals surface area contributed by atoms with Gasteiger partial charge in [-0.15, -0.1) is 11.1 Å². The van der Waals surface area contributed by atoms with Crippen LogP contribution < -0.4 is 0 Å². The molecule has 0 saturated heterocycles. The Balaban J connectivity index is 1.93. The number of rotatable bonds is 3. The van der Waals surface area contributed by atoms with Gasteiger partial charge in [0.1, 0.15) is 0 Å². The number of halogens is 1. The Bertz CT molecular complexity index is 195. The average molecular weight is 203 g/mol. The topological polar surface area (TPSA) is 9.23 Å². The van der Waals surface area contributed by atoms with Crippen LogP contribution in [0.2, 0.25) is 5.54 Å². The number of hydrogen-bond donors (Lipinski definition) is 0. The SMILES string of the molecule is CCO[SiH](Cl)C1CC2C=CC1C2. The van der Waals surface area contributed by atoms with Crippen LogP contribution in [0.4, 0.5) is 0 Å². The summed E-state index contributed by atoms with van der Waals surface area (Å²) in [6.45, 7) is 2.82. The average Bonchev–Trinajstić information content (AvgIpc) is 2.64. The third kappa shape index (κ3) is 1.48. The lowest BCUT2D eigenvalue weighted by molar-refractivity contribution is 0.341. The summed E-state index contributed by atoms with van der Waals surface area (Å²) in [5.41, 5.74) is 0.710. The second-order valence-corrected chi connectivity index (χ2v) is 6.93. The van der Waals surface area contributed by atoms with Crippen molar-refractivity contribution in [3.8, 4) is 0 Å². The summed E-state index contributed by atoms with van der Waals surface area (Å²) >= 11 is 6.26. The first-order chi connectivity index (χ1) is 5.81. The minimum absolute atomic E-state index is 0.710. The van der Waals surface area contributed by atoms with Crippen LogP contribution in [0.1, 0.15) is 19.8 Å². The Labute approximate surface area is 80.2 Å². The Hall–Kier alpha value is 0.207. The van der Waals surface area contributed by atoms with Crippen LogP contribution in [0.15, 0.2) is 12.2 Å². The minimum atomic E-state index is -1.38. The molecule has 1 fully saturated rings. The summed E-state index contributed by atoms with van der Waals surface area (Å²) in [7, 11) is -1.38. The molecule has 0 amide bonds. The van der Waals surface area contributed by atoms with E-state index in [0.29, 0.717) is 5.54 Å². The summed E-state index contributed by atoms with van der Waals surface area (Å²) < 4.78 is 5.55. The van der Waals surface area contributed by atoms with Crippen molar-refractivity contribution in [2.45, 2.75) is 25.3 Å². The second kappa shape index (κ2) is 3.52. The van der Waals surface area contributed by atoms with Gasteiger partial charge >= 0.3 is 0 Å². The van der Waals surface area contributed by atoms with Crippen molar-refractivity contribution >= 4 is 19.4 Å². The van der Waals surface area contributed by atoms with Crippen molar-refractivity contribution in [2.24, 2.45) is 11.8 Å². The molecule has 4 unspecified atom stereocenters. The molecule has 0 aromatic rings. The highest BCUT2D eigenvalue weighted by Gasteiger charge is 2.40. The van der Waals surface area contributed by atoms with E-state index in [2.05, 4.69) is 12.2 Å². The highest BCUT2D eigenvalue weighted by atomic mass is 35.6. The van der Waals surface area contributed by atoms with Crippen LogP contribution in [0.25, 0.3) is 0 Å².